The predicted molar refractivity (Wildman–Crippen MR) is 63.0 cm³/mol. The molecule has 0 radical (unpaired) electrons. The maximum atomic E-state index is 11.7. The highest BCUT2D eigenvalue weighted by atomic mass is 16.2. The highest BCUT2D eigenvalue weighted by Crippen LogP contribution is 2.32. The van der Waals surface area contributed by atoms with Crippen LogP contribution in [0, 0.1) is 0 Å². The van der Waals surface area contributed by atoms with Crippen molar-refractivity contribution in [2.75, 3.05) is 7.05 Å². The van der Waals surface area contributed by atoms with Gasteiger partial charge < -0.3 is 4.90 Å². The molecule has 1 aromatic rings. The Balaban J connectivity index is 2.28. The normalized spacial score (nSPS) is 19.0. The lowest BCUT2D eigenvalue weighted by atomic mass is 9.88. The molecule has 1 atom stereocenters. The van der Waals surface area contributed by atoms with Gasteiger partial charge in [0.1, 0.15) is 0 Å². The molecule has 0 saturated carbocycles. The summed E-state index contributed by atoms with van der Waals surface area (Å²) in [4.78, 5) is 17.8. The van der Waals surface area contributed by atoms with Crippen LogP contribution in [-0.4, -0.2) is 22.8 Å². The van der Waals surface area contributed by atoms with Crippen molar-refractivity contribution in [2.45, 2.75) is 38.6 Å². The molecule has 0 saturated heterocycles. The molecule has 0 unspecified atom stereocenters. The SMILES string of the molecule is CCC(=O)N(C)[C@H]1CCCc2ccncc21. The second-order valence-electron chi connectivity index (χ2n) is 4.34. The van der Waals surface area contributed by atoms with Gasteiger partial charge in [-0.15, -0.1) is 0 Å². The Hall–Kier alpha value is -1.38. The predicted octanol–water partition coefficient (Wildman–Crippen LogP) is 2.33. The van der Waals surface area contributed by atoms with Crippen LogP contribution in [0.25, 0.3) is 0 Å². The van der Waals surface area contributed by atoms with Crippen LogP contribution in [0.5, 0.6) is 0 Å². The molecule has 1 heterocycles. The minimum absolute atomic E-state index is 0.210. The first-order valence-corrected chi connectivity index (χ1v) is 5.92. The fourth-order valence-corrected chi connectivity index (χ4v) is 2.43. The van der Waals surface area contributed by atoms with Crippen LogP contribution in [0.15, 0.2) is 18.5 Å². The molecule has 3 nitrogen and oxygen atoms in total. The monoisotopic (exact) mass is 218 g/mol. The first kappa shape index (κ1) is 11.1. The number of amides is 1. The Bertz CT molecular complexity index is 389. The van der Waals surface area contributed by atoms with Crippen molar-refractivity contribution in [3.63, 3.8) is 0 Å². The van der Waals surface area contributed by atoms with Crippen LogP contribution >= 0.6 is 0 Å². The maximum Gasteiger partial charge on any atom is 0.222 e. The Morgan fingerprint density at radius 1 is 1.62 bits per heavy atom. The Morgan fingerprint density at radius 3 is 3.19 bits per heavy atom. The zero-order valence-corrected chi connectivity index (χ0v) is 9.94. The number of aromatic nitrogens is 1. The lowest BCUT2D eigenvalue weighted by molar-refractivity contribution is -0.132. The average molecular weight is 218 g/mol. The number of hydrogen-bond acceptors (Lipinski definition) is 2. The molecule has 1 amide bonds. The molecule has 0 aromatic carbocycles. The number of carbonyl (C=O) groups excluding carboxylic acids is 1. The van der Waals surface area contributed by atoms with Gasteiger partial charge in [0.2, 0.25) is 5.91 Å². The van der Waals surface area contributed by atoms with Gasteiger partial charge in [0.25, 0.3) is 0 Å². The molecule has 1 aromatic heterocycles. The molecule has 3 heteroatoms. The fraction of sp³-hybridized carbons (Fsp3) is 0.538. The summed E-state index contributed by atoms with van der Waals surface area (Å²) < 4.78 is 0. The Morgan fingerprint density at radius 2 is 2.44 bits per heavy atom. The fourth-order valence-electron chi connectivity index (χ4n) is 2.43. The van der Waals surface area contributed by atoms with Gasteiger partial charge in [-0.25, -0.2) is 0 Å². The van der Waals surface area contributed by atoms with Crippen molar-refractivity contribution >= 4 is 5.91 Å². The summed E-state index contributed by atoms with van der Waals surface area (Å²) in [6.45, 7) is 1.91. The first-order chi connectivity index (χ1) is 7.74. The zero-order valence-electron chi connectivity index (χ0n) is 9.94. The molecule has 0 aliphatic heterocycles. The quantitative estimate of drug-likeness (QED) is 0.763. The maximum absolute atomic E-state index is 11.7. The summed E-state index contributed by atoms with van der Waals surface area (Å²) in [5.41, 5.74) is 2.58. The van der Waals surface area contributed by atoms with Crippen LogP contribution in [0.2, 0.25) is 0 Å². The molecule has 2 rings (SSSR count). The standard InChI is InChI=1S/C13H18N2O/c1-3-13(16)15(2)12-6-4-5-10-7-8-14-9-11(10)12/h7-9,12H,3-6H2,1-2H3/t12-/m0/s1. The molecule has 86 valence electrons. The molecule has 0 spiro atoms. The van der Waals surface area contributed by atoms with E-state index in [2.05, 4.69) is 11.1 Å². The minimum Gasteiger partial charge on any atom is -0.339 e. The van der Waals surface area contributed by atoms with Gasteiger partial charge in [0.05, 0.1) is 6.04 Å². The summed E-state index contributed by atoms with van der Waals surface area (Å²) in [7, 11) is 1.90. The topological polar surface area (TPSA) is 33.2 Å². The van der Waals surface area contributed by atoms with E-state index in [1.54, 1.807) is 0 Å². The third-order valence-corrected chi connectivity index (χ3v) is 3.39. The molecular formula is C13H18N2O. The van der Waals surface area contributed by atoms with E-state index in [4.69, 9.17) is 0 Å². The number of pyridine rings is 1. The molecule has 0 bridgehead atoms. The van der Waals surface area contributed by atoms with Crippen molar-refractivity contribution in [3.8, 4) is 0 Å². The number of rotatable bonds is 2. The van der Waals surface area contributed by atoms with Gasteiger partial charge >= 0.3 is 0 Å². The number of hydrogen-bond donors (Lipinski definition) is 0. The van der Waals surface area contributed by atoms with Crippen molar-refractivity contribution in [1.82, 2.24) is 9.88 Å². The van der Waals surface area contributed by atoms with E-state index in [0.29, 0.717) is 6.42 Å². The molecule has 0 N–H and O–H groups in total. The van der Waals surface area contributed by atoms with Crippen molar-refractivity contribution in [1.29, 1.82) is 0 Å². The van der Waals surface area contributed by atoms with Gasteiger partial charge in [0, 0.05) is 25.9 Å². The van der Waals surface area contributed by atoms with Crippen LogP contribution in [0.4, 0.5) is 0 Å². The van der Waals surface area contributed by atoms with Crippen molar-refractivity contribution in [2.24, 2.45) is 0 Å². The summed E-state index contributed by atoms with van der Waals surface area (Å²) in [6, 6.07) is 2.30. The smallest absolute Gasteiger partial charge is 0.222 e. The van der Waals surface area contributed by atoms with Crippen molar-refractivity contribution < 1.29 is 4.79 Å². The Labute approximate surface area is 96.5 Å². The third-order valence-electron chi connectivity index (χ3n) is 3.39. The first-order valence-electron chi connectivity index (χ1n) is 5.92. The molecular weight excluding hydrogens is 200 g/mol. The summed E-state index contributed by atoms with van der Waals surface area (Å²) in [6.07, 6.45) is 7.65. The number of nitrogens with zero attached hydrogens (tertiary/aromatic N) is 2. The van der Waals surface area contributed by atoms with Crippen LogP contribution in [0.1, 0.15) is 43.4 Å². The van der Waals surface area contributed by atoms with Gasteiger partial charge in [-0.1, -0.05) is 6.92 Å². The minimum atomic E-state index is 0.210. The van der Waals surface area contributed by atoms with E-state index >= 15 is 0 Å². The third kappa shape index (κ3) is 1.94. The molecule has 1 aliphatic rings. The van der Waals surface area contributed by atoms with Gasteiger partial charge in [0.15, 0.2) is 0 Å². The van der Waals surface area contributed by atoms with E-state index in [9.17, 15) is 4.79 Å². The van der Waals surface area contributed by atoms with E-state index in [1.165, 1.54) is 11.1 Å². The van der Waals surface area contributed by atoms with E-state index in [-0.39, 0.29) is 11.9 Å². The zero-order chi connectivity index (χ0) is 11.5. The van der Waals surface area contributed by atoms with Crippen LogP contribution < -0.4 is 0 Å². The van der Waals surface area contributed by atoms with Gasteiger partial charge in [-0.3, -0.25) is 9.78 Å². The van der Waals surface area contributed by atoms with Gasteiger partial charge in [-0.2, -0.15) is 0 Å². The highest BCUT2D eigenvalue weighted by molar-refractivity contribution is 5.76. The van der Waals surface area contributed by atoms with Crippen LogP contribution in [-0.2, 0) is 11.2 Å². The summed E-state index contributed by atoms with van der Waals surface area (Å²) in [5.74, 6) is 0.210. The lowest BCUT2D eigenvalue weighted by Gasteiger charge is -2.32. The Kier molecular flexibility index (Phi) is 3.22. The number of fused-ring (bicyclic) bond motifs is 1. The van der Waals surface area contributed by atoms with E-state index < -0.39 is 0 Å². The van der Waals surface area contributed by atoms with Crippen LogP contribution in [0.3, 0.4) is 0 Å². The molecule has 0 fully saturated rings. The summed E-state index contributed by atoms with van der Waals surface area (Å²) in [5, 5.41) is 0. The second-order valence-corrected chi connectivity index (χ2v) is 4.34. The number of carbonyl (C=O) groups is 1. The van der Waals surface area contributed by atoms with Crippen molar-refractivity contribution in [3.05, 3.63) is 29.6 Å². The highest BCUT2D eigenvalue weighted by Gasteiger charge is 2.25. The average Bonchev–Trinajstić information content (AvgIpc) is 2.36. The van der Waals surface area contributed by atoms with Gasteiger partial charge in [-0.05, 0) is 36.5 Å². The lowest BCUT2D eigenvalue weighted by Crippen LogP contribution is -2.32. The summed E-state index contributed by atoms with van der Waals surface area (Å²) >= 11 is 0. The van der Waals surface area contributed by atoms with E-state index in [0.717, 1.165) is 19.3 Å². The number of aryl methyl sites for hydroxylation is 1. The molecule has 16 heavy (non-hydrogen) atoms. The molecule has 1 aliphatic carbocycles. The van der Waals surface area contributed by atoms with E-state index in [1.807, 2.05) is 31.3 Å². The largest absolute Gasteiger partial charge is 0.339 e. The second kappa shape index (κ2) is 4.64.